The smallest absolute Gasteiger partial charge is 0.353 e. The van der Waals surface area contributed by atoms with Crippen molar-refractivity contribution in [2.24, 2.45) is 0 Å². The summed E-state index contributed by atoms with van der Waals surface area (Å²) in [4.78, 5) is 0. The molecule has 0 bridgehead atoms. The highest BCUT2D eigenvalue weighted by atomic mass is 32.2. The lowest BCUT2D eigenvalue weighted by molar-refractivity contribution is 0.222. The van der Waals surface area contributed by atoms with Crippen molar-refractivity contribution in [2.75, 3.05) is 25.6 Å². The summed E-state index contributed by atoms with van der Waals surface area (Å²) in [5.41, 5.74) is 0. The van der Waals surface area contributed by atoms with Crippen LogP contribution in [-0.2, 0) is 18.0 Å². The average molecular weight is 387 g/mol. The van der Waals surface area contributed by atoms with E-state index in [-0.39, 0.29) is 9.36 Å². The van der Waals surface area contributed by atoms with Crippen molar-refractivity contribution in [3.63, 3.8) is 0 Å². The van der Waals surface area contributed by atoms with E-state index in [2.05, 4.69) is 33.9 Å². The average Bonchev–Trinajstić information content (AvgIpc) is 2.85. The minimum absolute atomic E-state index is 0.125. The summed E-state index contributed by atoms with van der Waals surface area (Å²) >= 11 is 3.38. The van der Waals surface area contributed by atoms with Crippen molar-refractivity contribution in [2.45, 2.75) is 62.3 Å². The van der Waals surface area contributed by atoms with Crippen molar-refractivity contribution in [3.05, 3.63) is 0 Å². The lowest BCUT2D eigenvalue weighted by atomic mass is 10.2. The number of rotatable bonds is 8. The third-order valence-corrected chi connectivity index (χ3v) is 15.4. The van der Waals surface area contributed by atoms with Crippen molar-refractivity contribution in [1.82, 2.24) is 0 Å². The van der Waals surface area contributed by atoms with Gasteiger partial charge in [0.15, 0.2) is 12.6 Å². The Kier molecular flexibility index (Phi) is 8.06. The number of hydrogen-bond acceptors (Lipinski definition) is 6. The maximum absolute atomic E-state index is 12.8. The van der Waals surface area contributed by atoms with Gasteiger partial charge in [0.25, 0.3) is 0 Å². The van der Waals surface area contributed by atoms with Crippen LogP contribution in [0.3, 0.4) is 0 Å². The first-order valence-corrected chi connectivity index (χ1v) is 14.4. The van der Waals surface area contributed by atoms with Gasteiger partial charge in [0, 0.05) is 17.6 Å². The summed E-state index contributed by atoms with van der Waals surface area (Å²) < 4.78 is 29.9. The van der Waals surface area contributed by atoms with E-state index >= 15 is 0 Å². The zero-order chi connectivity index (χ0) is 17.0. The van der Waals surface area contributed by atoms with Crippen molar-refractivity contribution >= 4 is 39.4 Å². The molecule has 132 valence electrons. The standard InChI is InChI=1S/C14H31O4PS2Si/c1-8-16-19(15,17-9-2)13-20-11-12(21-13)10-18-22(6,7)14(3,4)5/h12-13H,8-11H2,1-7H3/t12-,13+/m0/s1. The van der Waals surface area contributed by atoms with E-state index in [4.69, 9.17) is 13.5 Å². The highest BCUT2D eigenvalue weighted by molar-refractivity contribution is 8.26. The molecule has 1 aliphatic heterocycles. The van der Waals surface area contributed by atoms with E-state index in [0.717, 1.165) is 12.4 Å². The maximum Gasteiger partial charge on any atom is 0.353 e. The molecule has 0 spiro atoms. The van der Waals surface area contributed by atoms with E-state index in [1.54, 1.807) is 23.5 Å². The summed E-state index contributed by atoms with van der Waals surface area (Å²) in [6, 6.07) is 0. The molecule has 1 rings (SSSR count). The fourth-order valence-electron chi connectivity index (χ4n) is 1.72. The SMILES string of the molecule is CCOP(=O)(OCC)[C@@H]1SC[C@H](CO[Si](C)(C)C(C)(C)C)S1. The van der Waals surface area contributed by atoms with E-state index < -0.39 is 15.9 Å². The molecule has 1 aliphatic rings. The molecule has 0 saturated carbocycles. The third-order valence-electron chi connectivity index (χ3n) is 4.05. The first kappa shape index (κ1) is 21.1. The third kappa shape index (κ3) is 5.54. The second-order valence-electron chi connectivity index (χ2n) is 6.85. The molecular formula is C14H31O4PS2Si. The summed E-state index contributed by atoms with van der Waals surface area (Å²) in [7, 11) is -4.74. The molecule has 1 heterocycles. The molecule has 1 saturated heterocycles. The molecule has 0 aromatic carbocycles. The van der Waals surface area contributed by atoms with Crippen LogP contribution in [0.15, 0.2) is 0 Å². The van der Waals surface area contributed by atoms with Crippen molar-refractivity contribution in [3.8, 4) is 0 Å². The monoisotopic (exact) mass is 386 g/mol. The first-order chi connectivity index (χ1) is 10.1. The van der Waals surface area contributed by atoms with Gasteiger partial charge in [0.1, 0.15) is 0 Å². The highest BCUT2D eigenvalue weighted by Gasteiger charge is 2.44. The van der Waals surface area contributed by atoms with Gasteiger partial charge in [-0.15, -0.1) is 23.5 Å². The Morgan fingerprint density at radius 1 is 1.18 bits per heavy atom. The Bertz CT molecular complexity index is 391. The molecule has 0 unspecified atom stereocenters. The van der Waals surface area contributed by atoms with Gasteiger partial charge >= 0.3 is 7.60 Å². The summed E-state index contributed by atoms with van der Waals surface area (Å²) in [5.74, 6) is 0.939. The largest absolute Gasteiger partial charge is 0.416 e. The fraction of sp³-hybridized carbons (Fsp3) is 1.00. The predicted octanol–water partition coefficient (Wildman–Crippen LogP) is 5.41. The zero-order valence-electron chi connectivity index (χ0n) is 14.9. The second-order valence-corrected chi connectivity index (χ2v) is 17.3. The van der Waals surface area contributed by atoms with Crippen LogP contribution in [0, 0.1) is 0 Å². The van der Waals surface area contributed by atoms with Gasteiger partial charge in [-0.25, -0.2) is 0 Å². The van der Waals surface area contributed by atoms with Crippen LogP contribution < -0.4 is 0 Å². The van der Waals surface area contributed by atoms with E-state index in [1.165, 1.54) is 0 Å². The van der Waals surface area contributed by atoms with Gasteiger partial charge in [-0.05, 0) is 32.0 Å². The molecule has 0 radical (unpaired) electrons. The molecule has 1 fully saturated rings. The van der Waals surface area contributed by atoms with Crippen molar-refractivity contribution in [1.29, 1.82) is 0 Å². The Labute approximate surface area is 145 Å². The van der Waals surface area contributed by atoms with Gasteiger partial charge in [-0.1, -0.05) is 20.8 Å². The summed E-state index contributed by atoms with van der Waals surface area (Å²) in [6.45, 7) is 16.5. The van der Waals surface area contributed by atoms with E-state index in [9.17, 15) is 4.57 Å². The van der Waals surface area contributed by atoms with E-state index in [0.29, 0.717) is 18.5 Å². The highest BCUT2D eigenvalue weighted by Crippen LogP contribution is 2.64. The maximum atomic E-state index is 12.8. The Morgan fingerprint density at radius 2 is 1.73 bits per heavy atom. The Hall–Kier alpha value is 1.03. The Morgan fingerprint density at radius 3 is 2.18 bits per heavy atom. The van der Waals surface area contributed by atoms with Gasteiger partial charge in [0.2, 0.25) is 0 Å². The van der Waals surface area contributed by atoms with Crippen LogP contribution in [0.2, 0.25) is 18.1 Å². The van der Waals surface area contributed by atoms with Crippen LogP contribution >= 0.6 is 31.1 Å². The van der Waals surface area contributed by atoms with Crippen LogP contribution in [-0.4, -0.2) is 43.5 Å². The second kappa shape index (κ2) is 8.41. The molecule has 2 atom stereocenters. The van der Waals surface area contributed by atoms with Gasteiger partial charge in [0.05, 0.1) is 13.2 Å². The summed E-state index contributed by atoms with van der Waals surface area (Å²) in [6.07, 6.45) is 0. The molecule has 0 N–H and O–H groups in total. The van der Waals surface area contributed by atoms with E-state index in [1.807, 2.05) is 13.8 Å². The predicted molar refractivity (Wildman–Crippen MR) is 102 cm³/mol. The molecule has 0 aromatic heterocycles. The fourth-order valence-corrected chi connectivity index (χ4v) is 9.29. The quantitative estimate of drug-likeness (QED) is 0.411. The summed E-state index contributed by atoms with van der Waals surface area (Å²) in [5, 5.41) is 0.577. The number of hydrogen-bond donors (Lipinski definition) is 0. The van der Waals surface area contributed by atoms with Gasteiger partial charge < -0.3 is 13.5 Å². The molecule has 8 heteroatoms. The molecule has 0 amide bonds. The molecule has 22 heavy (non-hydrogen) atoms. The van der Waals surface area contributed by atoms with Gasteiger partial charge in [-0.2, -0.15) is 0 Å². The minimum Gasteiger partial charge on any atom is -0.416 e. The minimum atomic E-state index is -3.02. The molecule has 0 aliphatic carbocycles. The van der Waals surface area contributed by atoms with Crippen molar-refractivity contribution < 1.29 is 18.0 Å². The van der Waals surface area contributed by atoms with Crippen LogP contribution in [0.1, 0.15) is 34.6 Å². The lowest BCUT2D eigenvalue weighted by Crippen LogP contribution is -2.42. The topological polar surface area (TPSA) is 44.8 Å². The zero-order valence-corrected chi connectivity index (χ0v) is 18.4. The molecular weight excluding hydrogens is 355 g/mol. The molecule has 0 aromatic rings. The molecule has 4 nitrogen and oxygen atoms in total. The Balaban J connectivity index is 2.57. The van der Waals surface area contributed by atoms with Gasteiger partial charge in [-0.3, -0.25) is 4.57 Å². The lowest BCUT2D eigenvalue weighted by Gasteiger charge is -2.36. The normalized spacial score (nSPS) is 24.0. The van der Waals surface area contributed by atoms with Crippen LogP contribution in [0.25, 0.3) is 0 Å². The number of thioether (sulfide) groups is 2. The van der Waals surface area contributed by atoms with Crippen LogP contribution in [0.4, 0.5) is 0 Å². The van der Waals surface area contributed by atoms with Crippen LogP contribution in [0.5, 0.6) is 0 Å². The first-order valence-electron chi connectivity index (χ1n) is 7.85.